The lowest BCUT2D eigenvalue weighted by Gasteiger charge is -2.20. The summed E-state index contributed by atoms with van der Waals surface area (Å²) in [6, 6.07) is 18.9. The summed E-state index contributed by atoms with van der Waals surface area (Å²) in [6.07, 6.45) is 0.572. The van der Waals surface area contributed by atoms with Crippen molar-refractivity contribution in [2.45, 2.75) is 50.6 Å². The number of rotatable bonds is 10. The molecule has 0 heterocycles. The molecular formula is C27H31N3O5S. The number of sulfonamides is 1. The molecule has 1 unspecified atom stereocenters. The van der Waals surface area contributed by atoms with Gasteiger partial charge in [-0.3, -0.25) is 4.79 Å². The monoisotopic (exact) mass is 509 g/mol. The molecular weight excluding hydrogens is 478 g/mol. The Balaban J connectivity index is 1.97. The van der Waals surface area contributed by atoms with E-state index in [1.807, 2.05) is 57.2 Å². The number of anilines is 1. The fraction of sp³-hybridized carbons (Fsp3) is 0.259. The molecule has 3 aromatic rings. The van der Waals surface area contributed by atoms with Gasteiger partial charge in [-0.05, 0) is 49.1 Å². The van der Waals surface area contributed by atoms with E-state index in [-0.39, 0.29) is 17.4 Å². The molecule has 0 saturated heterocycles. The number of hydrogen-bond donors (Lipinski definition) is 4. The van der Waals surface area contributed by atoms with Crippen molar-refractivity contribution in [3.63, 3.8) is 0 Å². The summed E-state index contributed by atoms with van der Waals surface area (Å²) < 4.78 is 28.2. The minimum absolute atomic E-state index is 0.0151. The number of para-hydroxylation sites is 1. The number of carbonyl (C=O) groups is 2. The molecule has 0 radical (unpaired) electrons. The molecule has 0 fully saturated rings. The van der Waals surface area contributed by atoms with Gasteiger partial charge in [-0.25, -0.2) is 13.2 Å². The molecule has 0 aromatic heterocycles. The van der Waals surface area contributed by atoms with Gasteiger partial charge in [-0.15, -0.1) is 0 Å². The molecule has 3 rings (SSSR count). The number of benzene rings is 3. The van der Waals surface area contributed by atoms with Crippen LogP contribution in [-0.2, 0) is 27.7 Å². The molecule has 9 heteroatoms. The number of aryl methyl sites for hydroxylation is 1. The third-order valence-electron chi connectivity index (χ3n) is 5.56. The molecule has 0 spiro atoms. The van der Waals surface area contributed by atoms with E-state index in [2.05, 4.69) is 15.4 Å². The van der Waals surface area contributed by atoms with Crippen molar-refractivity contribution in [1.29, 1.82) is 0 Å². The second-order valence-electron chi connectivity index (χ2n) is 8.67. The van der Waals surface area contributed by atoms with Crippen LogP contribution >= 0.6 is 0 Å². The second kappa shape index (κ2) is 11.8. The van der Waals surface area contributed by atoms with Gasteiger partial charge >= 0.3 is 12.0 Å². The van der Waals surface area contributed by atoms with E-state index >= 15 is 0 Å². The minimum Gasteiger partial charge on any atom is -0.480 e. The zero-order valence-electron chi connectivity index (χ0n) is 20.5. The maximum absolute atomic E-state index is 13.0. The van der Waals surface area contributed by atoms with Gasteiger partial charge < -0.3 is 15.7 Å². The number of hydrogen-bond acceptors (Lipinski definition) is 4. The van der Waals surface area contributed by atoms with Crippen molar-refractivity contribution in [2.75, 3.05) is 5.32 Å². The van der Waals surface area contributed by atoms with E-state index in [1.165, 1.54) is 12.1 Å². The second-order valence-corrected chi connectivity index (χ2v) is 10.4. The molecule has 3 aromatic carbocycles. The van der Waals surface area contributed by atoms with Crippen LogP contribution in [0, 0.1) is 0 Å². The van der Waals surface area contributed by atoms with Crippen molar-refractivity contribution in [2.24, 2.45) is 0 Å². The van der Waals surface area contributed by atoms with Crippen molar-refractivity contribution in [3.8, 4) is 11.1 Å². The van der Waals surface area contributed by atoms with Gasteiger partial charge in [0.1, 0.15) is 6.04 Å². The van der Waals surface area contributed by atoms with E-state index in [0.29, 0.717) is 16.8 Å². The van der Waals surface area contributed by atoms with Gasteiger partial charge in [-0.2, -0.15) is 4.72 Å². The summed E-state index contributed by atoms with van der Waals surface area (Å²) in [5, 5.41) is 15.5. The third kappa shape index (κ3) is 6.93. The van der Waals surface area contributed by atoms with Crippen LogP contribution in [0.2, 0.25) is 0 Å². The third-order valence-corrected chi connectivity index (χ3v) is 7.04. The van der Waals surface area contributed by atoms with Gasteiger partial charge in [0.15, 0.2) is 0 Å². The Morgan fingerprint density at radius 2 is 1.58 bits per heavy atom. The van der Waals surface area contributed by atoms with E-state index in [0.717, 1.165) is 17.5 Å². The van der Waals surface area contributed by atoms with E-state index in [9.17, 15) is 23.1 Å². The fourth-order valence-corrected chi connectivity index (χ4v) is 4.94. The average molecular weight is 510 g/mol. The SMILES string of the molecule is CCc1ccc(S(=O)(=O)NC(Cc2cccc(-c3ccccc3)c2NC(=O)NC(C)C)C(=O)O)cc1. The number of amides is 2. The number of carbonyl (C=O) groups excluding carboxylic acids is 1. The van der Waals surface area contributed by atoms with E-state index in [1.54, 1.807) is 24.3 Å². The summed E-state index contributed by atoms with van der Waals surface area (Å²) in [5.41, 5.74) is 3.37. The first-order valence-electron chi connectivity index (χ1n) is 11.7. The molecule has 36 heavy (non-hydrogen) atoms. The van der Waals surface area contributed by atoms with Gasteiger partial charge in [0.25, 0.3) is 0 Å². The highest BCUT2D eigenvalue weighted by Gasteiger charge is 2.27. The predicted molar refractivity (Wildman–Crippen MR) is 140 cm³/mol. The van der Waals surface area contributed by atoms with Crippen LogP contribution in [0.15, 0.2) is 77.7 Å². The Bertz CT molecular complexity index is 1310. The Kier molecular flexibility index (Phi) is 8.84. The first-order valence-corrected chi connectivity index (χ1v) is 13.2. The molecule has 0 saturated carbocycles. The Hall–Kier alpha value is -3.69. The maximum atomic E-state index is 13.0. The summed E-state index contributed by atoms with van der Waals surface area (Å²) in [7, 11) is -4.09. The van der Waals surface area contributed by atoms with Crippen LogP contribution in [0.25, 0.3) is 11.1 Å². The van der Waals surface area contributed by atoms with Crippen LogP contribution < -0.4 is 15.4 Å². The number of carboxylic acids is 1. The number of nitrogens with one attached hydrogen (secondary N) is 3. The Labute approximate surface area is 211 Å². The molecule has 190 valence electrons. The van der Waals surface area contributed by atoms with Crippen molar-refractivity contribution in [1.82, 2.24) is 10.0 Å². The molecule has 0 aliphatic carbocycles. The molecule has 0 aliphatic rings. The van der Waals surface area contributed by atoms with Crippen molar-refractivity contribution >= 4 is 27.7 Å². The zero-order valence-corrected chi connectivity index (χ0v) is 21.3. The van der Waals surface area contributed by atoms with E-state index < -0.39 is 28.1 Å². The maximum Gasteiger partial charge on any atom is 0.322 e. The summed E-state index contributed by atoms with van der Waals surface area (Å²) in [5.74, 6) is -1.33. The molecule has 0 aliphatic heterocycles. The molecule has 2 amide bonds. The number of urea groups is 1. The molecule has 1 atom stereocenters. The van der Waals surface area contributed by atoms with Crippen LogP contribution in [0.1, 0.15) is 31.9 Å². The highest BCUT2D eigenvalue weighted by molar-refractivity contribution is 7.89. The van der Waals surface area contributed by atoms with Gasteiger partial charge in [0.2, 0.25) is 10.0 Å². The lowest BCUT2D eigenvalue weighted by atomic mass is 9.96. The summed E-state index contributed by atoms with van der Waals surface area (Å²) in [4.78, 5) is 24.7. The summed E-state index contributed by atoms with van der Waals surface area (Å²) in [6.45, 7) is 5.61. The standard InChI is InChI=1S/C27H31N3O5S/c1-4-19-13-15-22(16-14-19)36(34,35)30-24(26(31)32)17-21-11-8-12-23(20-9-6-5-7-10-20)25(21)29-27(33)28-18(2)3/h5-16,18,24,30H,4,17H2,1-3H3,(H,31,32)(H2,28,29,33). The fourth-order valence-electron chi connectivity index (χ4n) is 3.75. The first kappa shape index (κ1) is 26.9. The largest absolute Gasteiger partial charge is 0.480 e. The molecule has 0 bridgehead atoms. The van der Waals surface area contributed by atoms with Crippen LogP contribution in [-0.4, -0.2) is 37.6 Å². The lowest BCUT2D eigenvalue weighted by molar-refractivity contribution is -0.138. The minimum atomic E-state index is -4.09. The van der Waals surface area contributed by atoms with Crippen LogP contribution in [0.4, 0.5) is 10.5 Å². The Morgan fingerprint density at radius 1 is 0.917 bits per heavy atom. The highest BCUT2D eigenvalue weighted by Crippen LogP contribution is 2.32. The van der Waals surface area contributed by atoms with Crippen molar-refractivity contribution < 1.29 is 23.1 Å². The summed E-state index contributed by atoms with van der Waals surface area (Å²) >= 11 is 0. The zero-order chi connectivity index (χ0) is 26.3. The van der Waals surface area contributed by atoms with Gasteiger partial charge in [-0.1, -0.05) is 67.6 Å². The lowest BCUT2D eigenvalue weighted by Crippen LogP contribution is -2.42. The smallest absolute Gasteiger partial charge is 0.322 e. The number of aliphatic carboxylic acids is 1. The Morgan fingerprint density at radius 3 is 2.17 bits per heavy atom. The van der Waals surface area contributed by atoms with Crippen LogP contribution in [0.3, 0.4) is 0 Å². The molecule has 4 N–H and O–H groups in total. The first-order chi connectivity index (χ1) is 17.1. The topological polar surface area (TPSA) is 125 Å². The quantitative estimate of drug-likeness (QED) is 0.322. The van der Waals surface area contributed by atoms with Gasteiger partial charge in [0.05, 0.1) is 10.6 Å². The van der Waals surface area contributed by atoms with Crippen molar-refractivity contribution in [3.05, 3.63) is 83.9 Å². The average Bonchev–Trinajstić information content (AvgIpc) is 2.84. The normalized spacial score (nSPS) is 12.2. The predicted octanol–water partition coefficient (Wildman–Crippen LogP) is 4.42. The molecule has 8 nitrogen and oxygen atoms in total. The highest BCUT2D eigenvalue weighted by atomic mass is 32.2. The van der Waals surface area contributed by atoms with E-state index in [4.69, 9.17) is 0 Å². The van der Waals surface area contributed by atoms with Crippen LogP contribution in [0.5, 0.6) is 0 Å². The van der Waals surface area contributed by atoms with Gasteiger partial charge in [0, 0.05) is 18.0 Å². The number of carboxylic acid groups (broad SMARTS) is 1.